The summed E-state index contributed by atoms with van der Waals surface area (Å²) in [5, 5.41) is 23.4. The summed E-state index contributed by atoms with van der Waals surface area (Å²) in [5.74, 6) is -0.0763. The van der Waals surface area contributed by atoms with Gasteiger partial charge >= 0.3 is 0 Å². The lowest BCUT2D eigenvalue weighted by Gasteiger charge is -2.15. The van der Waals surface area contributed by atoms with Crippen LogP contribution in [0.3, 0.4) is 0 Å². The lowest BCUT2D eigenvalue weighted by Crippen LogP contribution is -2.02. The monoisotopic (exact) mass is 399 g/mol. The number of aromatic hydroxyl groups is 1. The molecule has 3 nitrogen and oxygen atoms in total. The van der Waals surface area contributed by atoms with E-state index in [0.29, 0.717) is 12.1 Å². The van der Waals surface area contributed by atoms with Crippen molar-refractivity contribution in [1.82, 2.24) is 0 Å². The molecule has 0 spiro atoms. The van der Waals surface area contributed by atoms with Gasteiger partial charge in [0.25, 0.3) is 0 Å². The van der Waals surface area contributed by atoms with Gasteiger partial charge in [-0.2, -0.15) is 0 Å². The maximum Gasteiger partial charge on any atom is 0.140 e. The first-order valence-electron chi connectivity index (χ1n) is 8.71. The molecule has 0 aromatic heterocycles. The quantitative estimate of drug-likeness (QED) is 0.434. The maximum atomic E-state index is 9.98. The molecule has 0 aliphatic heterocycles. The third-order valence-electron chi connectivity index (χ3n) is 4.25. The molecule has 0 radical (unpaired) electrons. The normalized spacial score (nSPS) is 12.0. The first kappa shape index (κ1) is 19.6. The van der Waals surface area contributed by atoms with Crippen molar-refractivity contribution in [2.24, 2.45) is 0 Å². The van der Waals surface area contributed by atoms with Crippen LogP contribution >= 0.6 is 23.4 Å². The van der Waals surface area contributed by atoms with E-state index in [-0.39, 0.29) is 10.8 Å². The van der Waals surface area contributed by atoms with Gasteiger partial charge < -0.3 is 15.5 Å². The van der Waals surface area contributed by atoms with Gasteiger partial charge in [0.05, 0.1) is 11.1 Å². The third kappa shape index (κ3) is 4.98. The molecule has 1 atom stereocenters. The lowest BCUT2D eigenvalue weighted by atomic mass is 10.1. The highest BCUT2D eigenvalue weighted by molar-refractivity contribution is 7.99. The Hall–Kier alpha value is -2.14. The second-order valence-corrected chi connectivity index (χ2v) is 7.97. The molecule has 0 amide bonds. The first-order valence-corrected chi connectivity index (χ1v) is 9.90. The van der Waals surface area contributed by atoms with Crippen molar-refractivity contribution in [3.8, 4) is 5.75 Å². The minimum Gasteiger partial charge on any atom is -0.506 e. The van der Waals surface area contributed by atoms with Crippen LogP contribution in [0.4, 0.5) is 5.69 Å². The predicted octanol–water partition coefficient (Wildman–Crippen LogP) is 6.17. The Bertz CT molecular complexity index is 926. The summed E-state index contributed by atoms with van der Waals surface area (Å²) in [6.45, 7) is 4.29. The fraction of sp³-hybridized carbons (Fsp3) is 0.182. The summed E-state index contributed by atoms with van der Waals surface area (Å²) < 4.78 is 0. The number of hydrogen-bond acceptors (Lipinski definition) is 4. The van der Waals surface area contributed by atoms with Crippen molar-refractivity contribution in [3.63, 3.8) is 0 Å². The summed E-state index contributed by atoms with van der Waals surface area (Å²) >= 11 is 7.82. The second kappa shape index (κ2) is 8.70. The molecule has 3 aromatic carbocycles. The number of aryl methyl sites for hydroxylation is 1. The van der Waals surface area contributed by atoms with Crippen LogP contribution in [0.5, 0.6) is 5.75 Å². The van der Waals surface area contributed by atoms with Crippen LogP contribution < -0.4 is 5.32 Å². The number of halogens is 1. The van der Waals surface area contributed by atoms with Gasteiger partial charge in [0.2, 0.25) is 0 Å². The molecule has 3 aromatic rings. The topological polar surface area (TPSA) is 52.5 Å². The number of phenolic OH excluding ortho intramolecular Hbond substituents is 1. The SMILES string of the molecule is Cc1ccc(Sc2ccccc2CNc2cc(Cl)c(O)c(C(C)O)c2)cc1. The number of aliphatic hydroxyl groups excluding tert-OH is 1. The Morgan fingerprint density at radius 3 is 2.48 bits per heavy atom. The van der Waals surface area contributed by atoms with Crippen molar-refractivity contribution in [2.75, 3.05) is 5.32 Å². The van der Waals surface area contributed by atoms with E-state index in [1.165, 1.54) is 15.4 Å². The van der Waals surface area contributed by atoms with Gasteiger partial charge in [-0.3, -0.25) is 0 Å². The largest absolute Gasteiger partial charge is 0.506 e. The summed E-state index contributed by atoms with van der Waals surface area (Å²) in [5.41, 5.74) is 3.56. The highest BCUT2D eigenvalue weighted by Gasteiger charge is 2.13. The van der Waals surface area contributed by atoms with E-state index in [2.05, 4.69) is 48.6 Å². The number of hydrogen-bond donors (Lipinski definition) is 3. The molecule has 0 fully saturated rings. The molecule has 0 heterocycles. The van der Waals surface area contributed by atoms with Gasteiger partial charge in [-0.15, -0.1) is 0 Å². The number of nitrogens with one attached hydrogen (secondary N) is 1. The average Bonchev–Trinajstić information content (AvgIpc) is 2.65. The molecule has 5 heteroatoms. The van der Waals surface area contributed by atoms with Crippen molar-refractivity contribution in [3.05, 3.63) is 82.4 Å². The number of phenols is 1. The molecule has 0 bridgehead atoms. The molecule has 3 N–H and O–H groups in total. The Kier molecular flexibility index (Phi) is 6.32. The van der Waals surface area contributed by atoms with Gasteiger partial charge in [0.1, 0.15) is 5.75 Å². The van der Waals surface area contributed by atoms with Crippen LogP contribution in [-0.2, 0) is 6.54 Å². The highest BCUT2D eigenvalue weighted by atomic mass is 35.5. The molecular formula is C22H22ClNO2S. The molecule has 0 saturated heterocycles. The average molecular weight is 400 g/mol. The molecule has 27 heavy (non-hydrogen) atoms. The summed E-state index contributed by atoms with van der Waals surface area (Å²) in [7, 11) is 0. The molecule has 0 aliphatic carbocycles. The molecule has 3 rings (SSSR count). The lowest BCUT2D eigenvalue weighted by molar-refractivity contribution is 0.195. The standard InChI is InChI=1S/C22H22ClNO2S/c1-14-7-9-18(10-8-14)27-21-6-4-3-5-16(21)13-24-17-11-19(15(2)25)22(26)20(23)12-17/h3-12,15,24-26H,13H2,1-2H3. The van der Waals surface area contributed by atoms with Crippen molar-refractivity contribution >= 4 is 29.1 Å². The molecule has 0 aliphatic rings. The van der Waals surface area contributed by atoms with E-state index >= 15 is 0 Å². The molecule has 140 valence electrons. The number of aliphatic hydroxyl groups is 1. The van der Waals surface area contributed by atoms with Crippen LogP contribution in [0.2, 0.25) is 5.02 Å². The number of rotatable bonds is 6. The Morgan fingerprint density at radius 1 is 1.07 bits per heavy atom. The fourth-order valence-electron chi connectivity index (χ4n) is 2.72. The van der Waals surface area contributed by atoms with Crippen LogP contribution in [0.25, 0.3) is 0 Å². The summed E-state index contributed by atoms with van der Waals surface area (Å²) in [6.07, 6.45) is -0.798. The van der Waals surface area contributed by atoms with E-state index < -0.39 is 6.10 Å². The number of anilines is 1. The van der Waals surface area contributed by atoms with Gasteiger partial charge in [-0.1, -0.05) is 59.3 Å². The Balaban J connectivity index is 1.78. The first-order chi connectivity index (χ1) is 12.9. The van der Waals surface area contributed by atoms with Crippen LogP contribution in [0, 0.1) is 6.92 Å². The van der Waals surface area contributed by atoms with Crippen LogP contribution in [-0.4, -0.2) is 10.2 Å². The minimum absolute atomic E-state index is 0.0763. The highest BCUT2D eigenvalue weighted by Crippen LogP contribution is 2.35. The van der Waals surface area contributed by atoms with E-state index in [9.17, 15) is 10.2 Å². The van der Waals surface area contributed by atoms with Crippen LogP contribution in [0.1, 0.15) is 29.7 Å². The van der Waals surface area contributed by atoms with E-state index in [1.807, 2.05) is 12.1 Å². The van der Waals surface area contributed by atoms with E-state index in [4.69, 9.17) is 11.6 Å². The number of benzene rings is 3. The second-order valence-electron chi connectivity index (χ2n) is 6.45. The maximum absolute atomic E-state index is 9.98. The zero-order valence-electron chi connectivity index (χ0n) is 15.2. The molecular weight excluding hydrogens is 378 g/mol. The van der Waals surface area contributed by atoms with Crippen molar-refractivity contribution in [1.29, 1.82) is 0 Å². The molecule has 1 unspecified atom stereocenters. The zero-order valence-corrected chi connectivity index (χ0v) is 16.8. The smallest absolute Gasteiger partial charge is 0.140 e. The zero-order chi connectivity index (χ0) is 19.4. The van der Waals surface area contributed by atoms with Crippen molar-refractivity contribution in [2.45, 2.75) is 36.3 Å². The third-order valence-corrected chi connectivity index (χ3v) is 5.66. The molecule has 0 saturated carbocycles. The fourth-order valence-corrected chi connectivity index (χ4v) is 3.89. The Morgan fingerprint density at radius 2 is 1.78 bits per heavy atom. The summed E-state index contributed by atoms with van der Waals surface area (Å²) in [6, 6.07) is 20.1. The predicted molar refractivity (Wildman–Crippen MR) is 113 cm³/mol. The van der Waals surface area contributed by atoms with Crippen LogP contribution in [0.15, 0.2) is 70.5 Å². The van der Waals surface area contributed by atoms with Gasteiger partial charge in [0.15, 0.2) is 0 Å². The van der Waals surface area contributed by atoms with Gasteiger partial charge in [-0.25, -0.2) is 0 Å². The Labute approximate surface area is 169 Å². The van der Waals surface area contributed by atoms with Gasteiger partial charge in [0, 0.05) is 27.6 Å². The van der Waals surface area contributed by atoms with E-state index in [1.54, 1.807) is 30.8 Å². The van der Waals surface area contributed by atoms with Crippen molar-refractivity contribution < 1.29 is 10.2 Å². The minimum atomic E-state index is -0.798. The summed E-state index contributed by atoms with van der Waals surface area (Å²) in [4.78, 5) is 2.37. The van der Waals surface area contributed by atoms with Gasteiger partial charge in [-0.05, 0) is 49.7 Å². The van der Waals surface area contributed by atoms with E-state index in [0.717, 1.165) is 11.3 Å².